The lowest BCUT2D eigenvalue weighted by Gasteiger charge is -2.27. The number of aromatic nitrogens is 2. The molecule has 0 saturated carbocycles. The van der Waals surface area contributed by atoms with Gasteiger partial charge in [0.15, 0.2) is 0 Å². The lowest BCUT2D eigenvalue weighted by Crippen LogP contribution is -2.35. The minimum atomic E-state index is -0.220. The molecule has 0 spiro atoms. The van der Waals surface area contributed by atoms with Crippen LogP contribution in [0.2, 0.25) is 0 Å². The second kappa shape index (κ2) is 7.37. The minimum Gasteiger partial charge on any atom is -0.310 e. The maximum atomic E-state index is 13.1. The Bertz CT molecular complexity index is 1010. The van der Waals surface area contributed by atoms with E-state index in [4.69, 9.17) is 0 Å². The van der Waals surface area contributed by atoms with E-state index in [1.807, 2.05) is 13.8 Å². The highest BCUT2D eigenvalue weighted by molar-refractivity contribution is 7.15. The van der Waals surface area contributed by atoms with E-state index in [2.05, 4.69) is 27.0 Å². The van der Waals surface area contributed by atoms with Gasteiger partial charge in [-0.05, 0) is 29.8 Å². The molecule has 3 aromatic rings. The van der Waals surface area contributed by atoms with Crippen molar-refractivity contribution in [2.24, 2.45) is 0 Å². The Balaban J connectivity index is 1.49. The molecule has 0 aliphatic carbocycles. The van der Waals surface area contributed by atoms with Gasteiger partial charge in [-0.15, -0.1) is 11.3 Å². The number of rotatable bonds is 4. The summed E-state index contributed by atoms with van der Waals surface area (Å²) in [6.45, 7) is 6.39. The van der Waals surface area contributed by atoms with Crippen molar-refractivity contribution in [2.45, 2.75) is 39.3 Å². The highest BCUT2D eigenvalue weighted by Crippen LogP contribution is 2.29. The fourth-order valence-electron chi connectivity index (χ4n) is 3.36. The van der Waals surface area contributed by atoms with E-state index < -0.39 is 0 Å². The molecule has 0 saturated heterocycles. The summed E-state index contributed by atoms with van der Waals surface area (Å²) in [5.74, 6) is 0.772. The normalized spacial score (nSPS) is 14.5. The highest BCUT2D eigenvalue weighted by atomic mass is 32.1. The Kier molecular flexibility index (Phi) is 4.93. The van der Waals surface area contributed by atoms with Crippen molar-refractivity contribution in [2.75, 3.05) is 6.54 Å². The molecule has 3 heterocycles. The molecule has 1 aliphatic rings. The van der Waals surface area contributed by atoms with Gasteiger partial charge in [-0.25, -0.2) is 9.37 Å². The molecule has 140 valence electrons. The molecule has 0 bridgehead atoms. The summed E-state index contributed by atoms with van der Waals surface area (Å²) in [5, 5.41) is 0. The molecule has 2 aromatic heterocycles. The third-order valence-corrected chi connectivity index (χ3v) is 6.00. The molecule has 4 nitrogen and oxygen atoms in total. The SMILES string of the molecule is CC(C)c1nc2c(c(=O)[nH]1)CN(Cc1ccc(-c3ccc(F)cc3)s1)CC2. The van der Waals surface area contributed by atoms with E-state index in [9.17, 15) is 9.18 Å². The van der Waals surface area contributed by atoms with Crippen molar-refractivity contribution in [3.8, 4) is 10.4 Å². The van der Waals surface area contributed by atoms with Crippen molar-refractivity contribution < 1.29 is 4.39 Å². The summed E-state index contributed by atoms with van der Waals surface area (Å²) in [6, 6.07) is 10.8. The zero-order valence-corrected chi connectivity index (χ0v) is 16.3. The first-order valence-electron chi connectivity index (χ1n) is 9.18. The number of aromatic amines is 1. The first-order valence-corrected chi connectivity index (χ1v) is 10.00. The fraction of sp³-hybridized carbons (Fsp3) is 0.333. The van der Waals surface area contributed by atoms with Crippen LogP contribution >= 0.6 is 11.3 Å². The average molecular weight is 383 g/mol. The van der Waals surface area contributed by atoms with Crippen molar-refractivity contribution in [3.63, 3.8) is 0 Å². The van der Waals surface area contributed by atoms with Gasteiger partial charge in [0.1, 0.15) is 11.6 Å². The minimum absolute atomic E-state index is 0.00780. The summed E-state index contributed by atoms with van der Waals surface area (Å²) < 4.78 is 13.1. The zero-order valence-electron chi connectivity index (χ0n) is 15.5. The Morgan fingerprint density at radius 2 is 2.00 bits per heavy atom. The van der Waals surface area contributed by atoms with Gasteiger partial charge >= 0.3 is 0 Å². The largest absolute Gasteiger partial charge is 0.310 e. The van der Waals surface area contributed by atoms with Crippen LogP contribution in [-0.4, -0.2) is 21.4 Å². The van der Waals surface area contributed by atoms with Crippen molar-refractivity contribution >= 4 is 11.3 Å². The Hall–Kier alpha value is -2.31. The molecular weight excluding hydrogens is 361 g/mol. The molecule has 1 aliphatic heterocycles. The zero-order chi connectivity index (χ0) is 19.0. The monoisotopic (exact) mass is 383 g/mol. The van der Waals surface area contributed by atoms with Gasteiger partial charge in [0.2, 0.25) is 0 Å². The van der Waals surface area contributed by atoms with Crippen LogP contribution in [0.1, 0.15) is 41.7 Å². The van der Waals surface area contributed by atoms with Gasteiger partial charge in [0.05, 0.1) is 11.3 Å². The number of H-pyrrole nitrogens is 1. The Morgan fingerprint density at radius 1 is 1.22 bits per heavy atom. The van der Waals surface area contributed by atoms with E-state index in [0.717, 1.165) is 47.0 Å². The molecule has 4 rings (SSSR count). The standard InChI is InChI=1S/C21H22FN3OS/c1-13(2)20-23-18-9-10-25(12-17(18)21(26)24-20)11-16-7-8-19(27-16)14-3-5-15(22)6-4-14/h3-8,13H,9-12H2,1-2H3,(H,23,24,26). The topological polar surface area (TPSA) is 49.0 Å². The van der Waals surface area contributed by atoms with E-state index in [0.29, 0.717) is 6.54 Å². The van der Waals surface area contributed by atoms with Gasteiger partial charge in [0, 0.05) is 41.7 Å². The number of hydrogen-bond donors (Lipinski definition) is 1. The molecule has 0 fully saturated rings. The maximum absolute atomic E-state index is 13.1. The van der Waals surface area contributed by atoms with E-state index in [-0.39, 0.29) is 17.3 Å². The van der Waals surface area contributed by atoms with Crippen LogP contribution in [0.25, 0.3) is 10.4 Å². The molecule has 1 aromatic carbocycles. The molecule has 6 heteroatoms. The van der Waals surface area contributed by atoms with Gasteiger partial charge in [-0.3, -0.25) is 9.69 Å². The Morgan fingerprint density at radius 3 is 2.74 bits per heavy atom. The van der Waals surface area contributed by atoms with Gasteiger partial charge in [-0.1, -0.05) is 26.0 Å². The molecule has 0 amide bonds. The molecule has 1 N–H and O–H groups in total. The lowest BCUT2D eigenvalue weighted by molar-refractivity contribution is 0.243. The maximum Gasteiger partial charge on any atom is 0.255 e. The van der Waals surface area contributed by atoms with Crippen LogP contribution in [0.3, 0.4) is 0 Å². The molecule has 0 unspecified atom stereocenters. The van der Waals surface area contributed by atoms with Crippen molar-refractivity contribution in [3.05, 3.63) is 74.5 Å². The number of nitrogens with zero attached hydrogens (tertiary/aromatic N) is 2. The predicted molar refractivity (Wildman–Crippen MR) is 106 cm³/mol. The smallest absolute Gasteiger partial charge is 0.255 e. The molecular formula is C21H22FN3OS. The van der Waals surface area contributed by atoms with Gasteiger partial charge in [0.25, 0.3) is 5.56 Å². The number of halogens is 1. The van der Waals surface area contributed by atoms with E-state index in [1.165, 1.54) is 17.0 Å². The number of hydrogen-bond acceptors (Lipinski definition) is 4. The van der Waals surface area contributed by atoms with Crippen LogP contribution in [0.5, 0.6) is 0 Å². The second-order valence-corrected chi connectivity index (χ2v) is 8.43. The number of nitrogens with one attached hydrogen (secondary N) is 1. The molecule has 27 heavy (non-hydrogen) atoms. The summed E-state index contributed by atoms with van der Waals surface area (Å²) >= 11 is 1.71. The first kappa shape index (κ1) is 18.1. The van der Waals surface area contributed by atoms with Crippen LogP contribution < -0.4 is 5.56 Å². The summed E-state index contributed by atoms with van der Waals surface area (Å²) in [5.41, 5.74) is 2.75. The number of fused-ring (bicyclic) bond motifs is 1. The van der Waals surface area contributed by atoms with Gasteiger partial charge in [-0.2, -0.15) is 0 Å². The van der Waals surface area contributed by atoms with Crippen molar-refractivity contribution in [1.82, 2.24) is 14.9 Å². The van der Waals surface area contributed by atoms with Crippen LogP contribution in [0.4, 0.5) is 4.39 Å². The van der Waals surface area contributed by atoms with Crippen molar-refractivity contribution in [1.29, 1.82) is 0 Å². The first-order chi connectivity index (χ1) is 13.0. The summed E-state index contributed by atoms with van der Waals surface area (Å²) in [7, 11) is 0. The third-order valence-electron chi connectivity index (χ3n) is 4.88. The third kappa shape index (κ3) is 3.87. The molecule has 0 radical (unpaired) electrons. The van der Waals surface area contributed by atoms with Crippen LogP contribution in [0.15, 0.2) is 41.2 Å². The fourth-order valence-corrected chi connectivity index (χ4v) is 4.42. The van der Waals surface area contributed by atoms with Crippen LogP contribution in [-0.2, 0) is 19.5 Å². The van der Waals surface area contributed by atoms with E-state index >= 15 is 0 Å². The Labute approximate surface area is 161 Å². The number of benzene rings is 1. The summed E-state index contributed by atoms with van der Waals surface area (Å²) in [4.78, 5) is 24.7. The second-order valence-electron chi connectivity index (χ2n) is 7.26. The quantitative estimate of drug-likeness (QED) is 0.730. The molecule has 0 atom stereocenters. The van der Waals surface area contributed by atoms with Gasteiger partial charge < -0.3 is 4.98 Å². The van der Waals surface area contributed by atoms with Crippen LogP contribution in [0, 0.1) is 5.82 Å². The lowest BCUT2D eigenvalue weighted by atomic mass is 10.1. The predicted octanol–water partition coefficient (Wildman–Crippen LogP) is 4.32. The average Bonchev–Trinajstić information content (AvgIpc) is 3.11. The highest BCUT2D eigenvalue weighted by Gasteiger charge is 2.22. The van der Waals surface area contributed by atoms with E-state index in [1.54, 1.807) is 23.5 Å². The summed E-state index contributed by atoms with van der Waals surface area (Å²) in [6.07, 6.45) is 0.801. The number of thiophene rings is 1.